The van der Waals surface area contributed by atoms with Crippen molar-refractivity contribution in [2.75, 3.05) is 5.73 Å². The first-order chi connectivity index (χ1) is 7.37. The molecule has 0 unspecified atom stereocenters. The summed E-state index contributed by atoms with van der Waals surface area (Å²) in [4.78, 5) is 20.6. The van der Waals surface area contributed by atoms with E-state index in [0.717, 1.165) is 0 Å². The number of carbonyl (C=O) groups is 1. The fourth-order valence-electron chi connectivity index (χ4n) is 0.951. The monoisotopic (exact) mass is 223 g/mol. The van der Waals surface area contributed by atoms with Crippen molar-refractivity contribution >= 4 is 11.6 Å². The first kappa shape index (κ1) is 12.4. The summed E-state index contributed by atoms with van der Waals surface area (Å²) in [7, 11) is 0. The van der Waals surface area contributed by atoms with Crippen molar-refractivity contribution in [3.63, 3.8) is 0 Å². The topological polar surface area (TPSA) is 77.2 Å². The average molecular weight is 223 g/mol. The minimum absolute atomic E-state index is 0.177. The lowest BCUT2D eigenvalue weighted by Crippen LogP contribution is -2.34. The third kappa shape index (κ3) is 4.75. The molecule has 0 atom stereocenters. The quantitative estimate of drug-likeness (QED) is 0.751. The summed E-state index contributed by atoms with van der Waals surface area (Å²) in [5.41, 5.74) is 8.70. The minimum atomic E-state index is -0.399. The van der Waals surface area contributed by atoms with Crippen molar-refractivity contribution in [3.8, 4) is 0 Å². The highest BCUT2D eigenvalue weighted by molar-refractivity contribution is 5.77. The van der Waals surface area contributed by atoms with Gasteiger partial charge in [-0.3, -0.25) is 14.6 Å². The van der Waals surface area contributed by atoms with Gasteiger partial charge in [0.25, 0.3) is 0 Å². The Morgan fingerprint density at radius 2 is 2.19 bits per heavy atom. The van der Waals surface area contributed by atoms with Gasteiger partial charge in [-0.15, -0.1) is 0 Å². The van der Waals surface area contributed by atoms with E-state index in [1.54, 1.807) is 12.1 Å². The molecule has 1 rings (SSSR count). The average Bonchev–Trinajstić information content (AvgIpc) is 2.18. The van der Waals surface area contributed by atoms with Gasteiger partial charge in [-0.2, -0.15) is 0 Å². The van der Waals surface area contributed by atoms with Crippen molar-refractivity contribution in [1.82, 2.24) is 10.5 Å². The molecule has 0 saturated heterocycles. The summed E-state index contributed by atoms with van der Waals surface area (Å²) in [5.74, 6) is -0.229. The second-order valence-corrected chi connectivity index (χ2v) is 4.50. The first-order valence-electron chi connectivity index (χ1n) is 5.04. The predicted octanol–water partition coefficient (Wildman–Crippen LogP) is 1.05. The molecule has 88 valence electrons. The van der Waals surface area contributed by atoms with Crippen LogP contribution in [0.3, 0.4) is 0 Å². The van der Waals surface area contributed by atoms with Crippen LogP contribution in [0.2, 0.25) is 0 Å². The third-order valence-corrected chi connectivity index (χ3v) is 1.66. The number of carbonyl (C=O) groups excluding carboxylic acids is 1. The van der Waals surface area contributed by atoms with Crippen LogP contribution in [0.5, 0.6) is 0 Å². The summed E-state index contributed by atoms with van der Waals surface area (Å²) < 4.78 is 0. The Bertz CT molecular complexity index is 354. The van der Waals surface area contributed by atoms with Crippen molar-refractivity contribution in [2.24, 2.45) is 0 Å². The maximum Gasteiger partial charge on any atom is 0.249 e. The van der Waals surface area contributed by atoms with Gasteiger partial charge in [0.05, 0.1) is 23.9 Å². The van der Waals surface area contributed by atoms with E-state index in [0.29, 0.717) is 11.4 Å². The number of hydrogen-bond acceptors (Lipinski definition) is 4. The van der Waals surface area contributed by atoms with Gasteiger partial charge < -0.3 is 5.73 Å². The number of nitrogens with zero attached hydrogens (tertiary/aromatic N) is 1. The van der Waals surface area contributed by atoms with E-state index in [4.69, 9.17) is 10.6 Å². The van der Waals surface area contributed by atoms with Crippen LogP contribution in [0.25, 0.3) is 0 Å². The molecular weight excluding hydrogens is 206 g/mol. The Labute approximate surface area is 95.0 Å². The van der Waals surface area contributed by atoms with E-state index in [9.17, 15) is 4.79 Å². The van der Waals surface area contributed by atoms with Gasteiger partial charge in [0.2, 0.25) is 5.91 Å². The van der Waals surface area contributed by atoms with Gasteiger partial charge in [-0.05, 0) is 32.9 Å². The van der Waals surface area contributed by atoms with Gasteiger partial charge in [0, 0.05) is 5.69 Å². The van der Waals surface area contributed by atoms with E-state index in [1.165, 1.54) is 6.20 Å². The summed E-state index contributed by atoms with van der Waals surface area (Å²) >= 11 is 0. The van der Waals surface area contributed by atoms with Crippen LogP contribution in [-0.4, -0.2) is 16.5 Å². The van der Waals surface area contributed by atoms with Crippen LogP contribution in [0.4, 0.5) is 5.69 Å². The number of nitrogens with one attached hydrogen (secondary N) is 1. The largest absolute Gasteiger partial charge is 0.397 e. The molecule has 0 aliphatic heterocycles. The fraction of sp³-hybridized carbons (Fsp3) is 0.455. The van der Waals surface area contributed by atoms with Crippen LogP contribution in [-0.2, 0) is 16.1 Å². The zero-order chi connectivity index (χ0) is 12.2. The van der Waals surface area contributed by atoms with E-state index in [2.05, 4.69) is 10.5 Å². The fourth-order valence-corrected chi connectivity index (χ4v) is 0.951. The van der Waals surface area contributed by atoms with Gasteiger partial charge in [0.1, 0.15) is 0 Å². The highest BCUT2D eigenvalue weighted by Gasteiger charge is 2.13. The van der Waals surface area contributed by atoms with Gasteiger partial charge >= 0.3 is 0 Å². The lowest BCUT2D eigenvalue weighted by Gasteiger charge is -2.18. The van der Waals surface area contributed by atoms with E-state index in [1.807, 2.05) is 20.8 Å². The lowest BCUT2D eigenvalue weighted by atomic mass is 10.2. The number of nitrogen functional groups attached to an aromatic ring is 1. The first-order valence-corrected chi connectivity index (χ1v) is 5.04. The molecule has 0 bridgehead atoms. The number of amides is 1. The highest BCUT2D eigenvalue weighted by atomic mass is 16.7. The Balaban J connectivity index is 2.43. The molecule has 1 amide bonds. The summed E-state index contributed by atoms with van der Waals surface area (Å²) in [6.07, 6.45) is 1.70. The molecule has 0 aliphatic carbocycles. The zero-order valence-electron chi connectivity index (χ0n) is 9.78. The number of pyridine rings is 1. The molecule has 0 saturated carbocycles. The molecule has 1 heterocycles. The lowest BCUT2D eigenvalue weighted by molar-refractivity contribution is -0.144. The molecule has 1 aromatic heterocycles. The normalized spacial score (nSPS) is 11.2. The van der Waals surface area contributed by atoms with Crippen LogP contribution < -0.4 is 11.2 Å². The standard InChI is InChI=1S/C11H17N3O2/c1-11(2,3)16-14-10(15)6-9-5-4-8(12)7-13-9/h4-5,7H,6,12H2,1-3H3,(H,14,15). The maximum atomic E-state index is 11.4. The molecule has 0 fully saturated rings. The Kier molecular flexibility index (Phi) is 3.84. The Morgan fingerprint density at radius 3 is 2.69 bits per heavy atom. The predicted molar refractivity (Wildman–Crippen MR) is 61.3 cm³/mol. The number of hydroxylamine groups is 1. The highest BCUT2D eigenvalue weighted by Crippen LogP contribution is 2.05. The number of nitrogens with two attached hydrogens (primary N) is 1. The van der Waals surface area contributed by atoms with Crippen molar-refractivity contribution in [2.45, 2.75) is 32.8 Å². The van der Waals surface area contributed by atoms with Crippen LogP contribution in [0.15, 0.2) is 18.3 Å². The second kappa shape index (κ2) is 4.94. The van der Waals surface area contributed by atoms with Crippen molar-refractivity contribution in [1.29, 1.82) is 0 Å². The SMILES string of the molecule is CC(C)(C)ONC(=O)Cc1ccc(N)cn1. The number of hydrogen-bond donors (Lipinski definition) is 2. The molecule has 3 N–H and O–H groups in total. The van der Waals surface area contributed by atoms with Crippen molar-refractivity contribution in [3.05, 3.63) is 24.0 Å². The zero-order valence-corrected chi connectivity index (χ0v) is 9.78. The Morgan fingerprint density at radius 1 is 1.50 bits per heavy atom. The molecule has 16 heavy (non-hydrogen) atoms. The number of anilines is 1. The number of rotatable bonds is 3. The van der Waals surface area contributed by atoms with Gasteiger partial charge in [0.15, 0.2) is 0 Å². The molecule has 0 radical (unpaired) electrons. The minimum Gasteiger partial charge on any atom is -0.397 e. The summed E-state index contributed by atoms with van der Waals surface area (Å²) in [6.45, 7) is 5.57. The number of aromatic nitrogens is 1. The van der Waals surface area contributed by atoms with Crippen LogP contribution >= 0.6 is 0 Å². The molecule has 5 nitrogen and oxygen atoms in total. The van der Waals surface area contributed by atoms with Gasteiger partial charge in [-0.1, -0.05) is 0 Å². The summed E-state index contributed by atoms with van der Waals surface area (Å²) in [5, 5.41) is 0. The molecule has 1 aromatic rings. The smallest absolute Gasteiger partial charge is 0.249 e. The van der Waals surface area contributed by atoms with Crippen LogP contribution in [0, 0.1) is 0 Å². The molecule has 0 aromatic carbocycles. The van der Waals surface area contributed by atoms with E-state index >= 15 is 0 Å². The van der Waals surface area contributed by atoms with E-state index < -0.39 is 5.60 Å². The summed E-state index contributed by atoms with van der Waals surface area (Å²) in [6, 6.07) is 3.42. The molecule has 5 heteroatoms. The van der Waals surface area contributed by atoms with E-state index in [-0.39, 0.29) is 12.3 Å². The molecular formula is C11H17N3O2. The van der Waals surface area contributed by atoms with Crippen molar-refractivity contribution < 1.29 is 9.63 Å². The second-order valence-electron chi connectivity index (χ2n) is 4.50. The molecule has 0 aliphatic rings. The maximum absolute atomic E-state index is 11.4. The third-order valence-electron chi connectivity index (χ3n) is 1.66. The van der Waals surface area contributed by atoms with Crippen LogP contribution in [0.1, 0.15) is 26.5 Å². The Hall–Kier alpha value is -1.62. The van der Waals surface area contributed by atoms with Gasteiger partial charge in [-0.25, -0.2) is 5.48 Å². The molecule has 0 spiro atoms.